The molecule has 0 bridgehead atoms. The van der Waals surface area contributed by atoms with E-state index in [1.54, 1.807) is 12.1 Å². The lowest BCUT2D eigenvalue weighted by molar-refractivity contribution is 0.0341. The van der Waals surface area contributed by atoms with E-state index in [0.29, 0.717) is 11.4 Å². The van der Waals surface area contributed by atoms with Gasteiger partial charge in [0.05, 0.1) is 18.1 Å². The van der Waals surface area contributed by atoms with E-state index in [0.717, 1.165) is 5.56 Å². The number of aliphatic hydroxyl groups is 2. The Morgan fingerprint density at radius 1 is 1.07 bits per heavy atom. The largest absolute Gasteiger partial charge is 0.390 e. The molecule has 0 aliphatic heterocycles. The van der Waals surface area contributed by atoms with Gasteiger partial charge in [0.1, 0.15) is 0 Å². The molecule has 0 saturated heterocycles. The van der Waals surface area contributed by atoms with E-state index in [1.165, 1.54) is 0 Å². The molecule has 78 valence electrons. The molecule has 0 aromatic heterocycles. The second-order valence-corrected chi connectivity index (χ2v) is 3.86. The molecule has 2 N–H and O–H groups in total. The number of hydrogen-bond donors (Lipinski definition) is 2. The lowest BCUT2D eigenvalue weighted by Gasteiger charge is -2.15. The molecule has 0 amide bonds. The van der Waals surface area contributed by atoms with Crippen LogP contribution in [0, 0.1) is 0 Å². The predicted octanol–water partition coefficient (Wildman–Crippen LogP) is 1.84. The molecule has 0 fully saturated rings. The summed E-state index contributed by atoms with van der Waals surface area (Å²) in [7, 11) is 0. The van der Waals surface area contributed by atoms with E-state index < -0.39 is 12.2 Å². The van der Waals surface area contributed by atoms with Crippen LogP contribution < -0.4 is 0 Å². The van der Waals surface area contributed by atoms with Gasteiger partial charge in [-0.2, -0.15) is 0 Å². The fraction of sp³-hybridized carbons (Fsp3) is 0.400. The summed E-state index contributed by atoms with van der Waals surface area (Å²) >= 11 is 11.1. The molecule has 2 nitrogen and oxygen atoms in total. The maximum absolute atomic E-state index is 9.47. The van der Waals surface area contributed by atoms with Crippen LogP contribution in [0.25, 0.3) is 0 Å². The predicted molar refractivity (Wildman–Crippen MR) is 57.9 cm³/mol. The van der Waals surface area contributed by atoms with Gasteiger partial charge in [-0.05, 0) is 17.7 Å². The van der Waals surface area contributed by atoms with E-state index in [9.17, 15) is 10.2 Å². The van der Waals surface area contributed by atoms with Gasteiger partial charge in [-0.25, -0.2) is 0 Å². The lowest BCUT2D eigenvalue weighted by atomic mass is 10.1. The highest BCUT2D eigenvalue weighted by Crippen LogP contribution is 2.12. The summed E-state index contributed by atoms with van der Waals surface area (Å²) in [4.78, 5) is 0. The molecule has 1 unspecified atom stereocenters. The van der Waals surface area contributed by atoms with Crippen molar-refractivity contribution in [1.82, 2.24) is 0 Å². The Kier molecular flexibility index (Phi) is 4.69. The average Bonchev–Trinajstić information content (AvgIpc) is 2.20. The molecule has 4 heteroatoms. The van der Waals surface area contributed by atoms with Crippen LogP contribution in [0.2, 0.25) is 5.02 Å². The van der Waals surface area contributed by atoms with Crippen LogP contribution in [-0.4, -0.2) is 28.3 Å². The van der Waals surface area contributed by atoms with E-state index >= 15 is 0 Å². The smallest absolute Gasteiger partial charge is 0.0937 e. The van der Waals surface area contributed by atoms with Gasteiger partial charge in [-0.15, -0.1) is 11.6 Å². The van der Waals surface area contributed by atoms with Crippen LogP contribution in [-0.2, 0) is 6.42 Å². The zero-order valence-corrected chi connectivity index (χ0v) is 9.04. The fourth-order valence-electron chi connectivity index (χ4n) is 1.10. The van der Waals surface area contributed by atoms with Gasteiger partial charge in [0, 0.05) is 11.4 Å². The zero-order chi connectivity index (χ0) is 10.6. The third kappa shape index (κ3) is 3.46. The van der Waals surface area contributed by atoms with Gasteiger partial charge >= 0.3 is 0 Å². The Morgan fingerprint density at radius 2 is 1.64 bits per heavy atom. The van der Waals surface area contributed by atoms with Crippen molar-refractivity contribution < 1.29 is 10.2 Å². The summed E-state index contributed by atoms with van der Waals surface area (Å²) in [5.74, 6) is 0.0365. The summed E-state index contributed by atoms with van der Waals surface area (Å²) < 4.78 is 0. The fourth-order valence-corrected chi connectivity index (χ4v) is 1.43. The number of rotatable bonds is 4. The van der Waals surface area contributed by atoms with E-state index in [1.807, 2.05) is 12.1 Å². The standard InChI is InChI=1S/C10H12Cl2O2/c11-6-10(14)9(13)5-7-1-3-8(12)4-2-7/h1-4,9-10,13-14H,5-6H2/t9-,10?/m1/s1. The molecule has 0 aliphatic carbocycles. The van der Waals surface area contributed by atoms with Crippen LogP contribution in [0.3, 0.4) is 0 Å². The monoisotopic (exact) mass is 234 g/mol. The summed E-state index contributed by atoms with van der Waals surface area (Å²) in [6.07, 6.45) is -1.33. The van der Waals surface area contributed by atoms with Crippen LogP contribution in [0.15, 0.2) is 24.3 Å². The molecule has 0 radical (unpaired) electrons. The second-order valence-electron chi connectivity index (χ2n) is 3.12. The summed E-state index contributed by atoms with van der Waals surface area (Å²) in [6, 6.07) is 7.12. The second kappa shape index (κ2) is 5.56. The molecule has 0 aliphatic rings. The summed E-state index contributed by atoms with van der Waals surface area (Å²) in [5.41, 5.74) is 0.922. The minimum atomic E-state index is -0.882. The molecule has 0 saturated carbocycles. The van der Waals surface area contributed by atoms with E-state index in [2.05, 4.69) is 0 Å². The highest BCUT2D eigenvalue weighted by atomic mass is 35.5. The van der Waals surface area contributed by atoms with Crippen molar-refractivity contribution in [3.63, 3.8) is 0 Å². The Hall–Kier alpha value is -0.280. The Balaban J connectivity index is 2.56. The Bertz CT molecular complexity index is 274. The molecule has 0 heterocycles. The number of hydrogen-bond acceptors (Lipinski definition) is 2. The normalized spacial score (nSPS) is 15.1. The first-order valence-corrected chi connectivity index (χ1v) is 5.21. The molecule has 1 aromatic rings. The third-order valence-electron chi connectivity index (χ3n) is 1.96. The molecule has 0 spiro atoms. The zero-order valence-electron chi connectivity index (χ0n) is 7.53. The lowest BCUT2D eigenvalue weighted by Crippen LogP contribution is -2.29. The van der Waals surface area contributed by atoms with Crippen LogP contribution in [0.5, 0.6) is 0 Å². The van der Waals surface area contributed by atoms with Gasteiger partial charge in [0.15, 0.2) is 0 Å². The van der Waals surface area contributed by atoms with Crippen molar-refractivity contribution in [2.45, 2.75) is 18.6 Å². The van der Waals surface area contributed by atoms with Crippen molar-refractivity contribution in [2.24, 2.45) is 0 Å². The minimum Gasteiger partial charge on any atom is -0.390 e. The third-order valence-corrected chi connectivity index (χ3v) is 2.53. The van der Waals surface area contributed by atoms with Crippen LogP contribution in [0.4, 0.5) is 0 Å². The summed E-state index contributed by atoms with van der Waals surface area (Å²) in [5, 5.41) is 19.4. The first-order valence-electron chi connectivity index (χ1n) is 4.30. The molecule has 1 aromatic carbocycles. The number of alkyl halides is 1. The minimum absolute atomic E-state index is 0.0365. The first kappa shape index (κ1) is 11.8. The maximum atomic E-state index is 9.47. The van der Waals surface area contributed by atoms with E-state index in [4.69, 9.17) is 23.2 Å². The van der Waals surface area contributed by atoms with Crippen molar-refractivity contribution in [3.05, 3.63) is 34.9 Å². The molecule has 1 rings (SSSR count). The number of benzene rings is 1. The van der Waals surface area contributed by atoms with Crippen LogP contribution >= 0.6 is 23.2 Å². The van der Waals surface area contributed by atoms with Crippen molar-refractivity contribution in [3.8, 4) is 0 Å². The van der Waals surface area contributed by atoms with Gasteiger partial charge in [-0.1, -0.05) is 23.7 Å². The van der Waals surface area contributed by atoms with Gasteiger partial charge in [-0.3, -0.25) is 0 Å². The number of aliphatic hydroxyl groups excluding tert-OH is 2. The average molecular weight is 235 g/mol. The first-order chi connectivity index (χ1) is 6.63. The molecular formula is C10H12Cl2O2. The topological polar surface area (TPSA) is 40.5 Å². The van der Waals surface area contributed by atoms with Crippen molar-refractivity contribution in [2.75, 3.05) is 5.88 Å². The van der Waals surface area contributed by atoms with Gasteiger partial charge in [0.2, 0.25) is 0 Å². The van der Waals surface area contributed by atoms with Crippen LogP contribution in [0.1, 0.15) is 5.56 Å². The molecular weight excluding hydrogens is 223 g/mol. The van der Waals surface area contributed by atoms with Crippen molar-refractivity contribution >= 4 is 23.2 Å². The SMILES string of the molecule is OC(CCl)[C@H](O)Cc1ccc(Cl)cc1. The number of halogens is 2. The summed E-state index contributed by atoms with van der Waals surface area (Å²) in [6.45, 7) is 0. The quantitative estimate of drug-likeness (QED) is 0.782. The highest BCUT2D eigenvalue weighted by Gasteiger charge is 2.15. The highest BCUT2D eigenvalue weighted by molar-refractivity contribution is 6.30. The Labute approximate surface area is 93.1 Å². The van der Waals surface area contributed by atoms with Crippen molar-refractivity contribution in [1.29, 1.82) is 0 Å². The Morgan fingerprint density at radius 3 is 2.14 bits per heavy atom. The molecule has 2 atom stereocenters. The van der Waals surface area contributed by atoms with Gasteiger partial charge in [0.25, 0.3) is 0 Å². The molecule has 14 heavy (non-hydrogen) atoms. The maximum Gasteiger partial charge on any atom is 0.0937 e. The van der Waals surface area contributed by atoms with E-state index in [-0.39, 0.29) is 5.88 Å². The van der Waals surface area contributed by atoms with Gasteiger partial charge < -0.3 is 10.2 Å².